The molecule has 1 unspecified atom stereocenters. The molecule has 1 atom stereocenters. The molecule has 0 aromatic rings. The fourth-order valence-electron chi connectivity index (χ4n) is 3.58. The van der Waals surface area contributed by atoms with Gasteiger partial charge in [0, 0.05) is 36.8 Å². The molecule has 0 bridgehead atoms. The van der Waals surface area contributed by atoms with E-state index >= 15 is 0 Å². The summed E-state index contributed by atoms with van der Waals surface area (Å²) in [4.78, 5) is 5.13. The first kappa shape index (κ1) is 13.9. The van der Waals surface area contributed by atoms with E-state index in [1.807, 2.05) is 7.05 Å². The zero-order valence-electron chi connectivity index (χ0n) is 12.1. The largest absolute Gasteiger partial charge is 0.318 e. The van der Waals surface area contributed by atoms with Crippen molar-refractivity contribution in [2.75, 3.05) is 33.7 Å². The van der Waals surface area contributed by atoms with Crippen molar-refractivity contribution in [2.24, 2.45) is 0 Å². The van der Waals surface area contributed by atoms with Crippen LogP contribution in [0.25, 0.3) is 0 Å². The number of hydrogen-bond donors (Lipinski definition) is 1. The topological polar surface area (TPSA) is 18.5 Å². The Hall–Kier alpha value is -0.120. The second-order valence-electron chi connectivity index (χ2n) is 6.76. The van der Waals surface area contributed by atoms with E-state index in [4.69, 9.17) is 0 Å². The van der Waals surface area contributed by atoms with E-state index in [0.29, 0.717) is 6.04 Å². The highest BCUT2D eigenvalue weighted by molar-refractivity contribution is 5.00. The summed E-state index contributed by atoms with van der Waals surface area (Å²) in [5, 5.41) is 3.33. The Morgan fingerprint density at radius 1 is 1.31 bits per heavy atom. The lowest BCUT2D eigenvalue weighted by atomic mass is 9.88. The van der Waals surface area contributed by atoms with Crippen LogP contribution in [0.1, 0.15) is 34.6 Å². The minimum atomic E-state index is 0.228. The van der Waals surface area contributed by atoms with Crippen molar-refractivity contribution in [3.8, 4) is 0 Å². The van der Waals surface area contributed by atoms with Crippen molar-refractivity contribution in [2.45, 2.75) is 51.7 Å². The predicted molar refractivity (Wildman–Crippen MR) is 70.9 cm³/mol. The molecule has 3 heteroatoms. The van der Waals surface area contributed by atoms with E-state index in [2.05, 4.69) is 56.8 Å². The molecule has 1 saturated heterocycles. The molecule has 3 nitrogen and oxygen atoms in total. The van der Waals surface area contributed by atoms with Crippen LogP contribution >= 0.6 is 0 Å². The highest BCUT2D eigenvalue weighted by Gasteiger charge is 2.43. The Kier molecular flexibility index (Phi) is 4.04. The lowest BCUT2D eigenvalue weighted by molar-refractivity contribution is -0.0718. The summed E-state index contributed by atoms with van der Waals surface area (Å²) in [6.45, 7) is 15.0. The molecule has 0 aliphatic carbocycles. The van der Waals surface area contributed by atoms with Gasteiger partial charge in [-0.25, -0.2) is 0 Å². The summed E-state index contributed by atoms with van der Waals surface area (Å²) in [6, 6.07) is 0.596. The molecule has 1 aliphatic rings. The number of piperazine rings is 1. The molecule has 0 saturated carbocycles. The van der Waals surface area contributed by atoms with Gasteiger partial charge in [-0.05, 0) is 48.7 Å². The van der Waals surface area contributed by atoms with Crippen molar-refractivity contribution in [3.05, 3.63) is 0 Å². The maximum absolute atomic E-state index is 3.33. The molecule has 16 heavy (non-hydrogen) atoms. The molecule has 1 N–H and O–H groups in total. The van der Waals surface area contributed by atoms with Gasteiger partial charge >= 0.3 is 0 Å². The van der Waals surface area contributed by atoms with Crippen LogP contribution in [0.15, 0.2) is 0 Å². The lowest BCUT2D eigenvalue weighted by Gasteiger charge is -2.56. The lowest BCUT2D eigenvalue weighted by Crippen LogP contribution is -2.69. The molecule has 0 radical (unpaired) electrons. The standard InChI is InChI=1S/C13H29N3/c1-12(2,3)16-11(8-14-6)9-15(7)10-13(16,4)5/h11,14H,8-10H2,1-7H3. The second-order valence-corrected chi connectivity index (χ2v) is 6.76. The van der Waals surface area contributed by atoms with Crippen LogP contribution in [0.5, 0.6) is 0 Å². The third-order valence-corrected chi connectivity index (χ3v) is 3.36. The van der Waals surface area contributed by atoms with Crippen molar-refractivity contribution in [1.82, 2.24) is 15.1 Å². The second kappa shape index (κ2) is 4.63. The quantitative estimate of drug-likeness (QED) is 0.769. The van der Waals surface area contributed by atoms with Gasteiger partial charge in [-0.1, -0.05) is 0 Å². The molecule has 1 aliphatic heterocycles. The van der Waals surface area contributed by atoms with Crippen LogP contribution in [0.3, 0.4) is 0 Å². The van der Waals surface area contributed by atoms with Crippen LogP contribution in [0, 0.1) is 0 Å². The van der Waals surface area contributed by atoms with E-state index in [1.54, 1.807) is 0 Å². The number of likely N-dealkylation sites (N-methyl/N-ethyl adjacent to an activating group) is 2. The van der Waals surface area contributed by atoms with Gasteiger partial charge in [0.15, 0.2) is 0 Å². The number of nitrogens with one attached hydrogen (secondary N) is 1. The van der Waals surface area contributed by atoms with E-state index in [9.17, 15) is 0 Å². The van der Waals surface area contributed by atoms with Crippen LogP contribution in [0.2, 0.25) is 0 Å². The zero-order chi connectivity index (χ0) is 12.6. The first-order valence-corrected chi connectivity index (χ1v) is 6.31. The third kappa shape index (κ3) is 2.96. The highest BCUT2D eigenvalue weighted by atomic mass is 15.4. The summed E-state index contributed by atoms with van der Waals surface area (Å²) in [6.07, 6.45) is 0. The summed E-state index contributed by atoms with van der Waals surface area (Å²) < 4.78 is 0. The van der Waals surface area contributed by atoms with E-state index in [0.717, 1.165) is 19.6 Å². The van der Waals surface area contributed by atoms with E-state index in [-0.39, 0.29) is 11.1 Å². The van der Waals surface area contributed by atoms with Crippen LogP contribution in [-0.4, -0.2) is 60.6 Å². The molecule has 0 aromatic carbocycles. The normalized spacial score (nSPS) is 28.3. The fraction of sp³-hybridized carbons (Fsp3) is 1.00. The molecule has 96 valence electrons. The summed E-state index contributed by atoms with van der Waals surface area (Å²) in [7, 11) is 4.27. The zero-order valence-corrected chi connectivity index (χ0v) is 12.1. The van der Waals surface area contributed by atoms with Crippen LogP contribution in [-0.2, 0) is 0 Å². The molecule has 1 rings (SSSR count). The third-order valence-electron chi connectivity index (χ3n) is 3.36. The molecule has 0 aromatic heterocycles. The van der Waals surface area contributed by atoms with Gasteiger partial charge in [0.05, 0.1) is 0 Å². The van der Waals surface area contributed by atoms with E-state index < -0.39 is 0 Å². The average molecular weight is 227 g/mol. The van der Waals surface area contributed by atoms with E-state index in [1.165, 1.54) is 0 Å². The van der Waals surface area contributed by atoms with Crippen molar-refractivity contribution < 1.29 is 0 Å². The Morgan fingerprint density at radius 3 is 2.31 bits per heavy atom. The smallest absolute Gasteiger partial charge is 0.0358 e. The van der Waals surface area contributed by atoms with Gasteiger partial charge in [0.1, 0.15) is 0 Å². The Bertz CT molecular complexity index is 230. The minimum Gasteiger partial charge on any atom is -0.318 e. The minimum absolute atomic E-state index is 0.228. The number of nitrogens with zero attached hydrogens (tertiary/aromatic N) is 2. The van der Waals surface area contributed by atoms with Gasteiger partial charge < -0.3 is 10.2 Å². The van der Waals surface area contributed by atoms with Gasteiger partial charge in [0.2, 0.25) is 0 Å². The maximum atomic E-state index is 3.33. The summed E-state index contributed by atoms with van der Waals surface area (Å²) in [5.74, 6) is 0. The first-order valence-electron chi connectivity index (χ1n) is 6.31. The first-order chi connectivity index (χ1) is 7.18. The Balaban J connectivity index is 2.94. The molecule has 1 fully saturated rings. The number of hydrogen-bond acceptors (Lipinski definition) is 3. The Labute approximate surface area is 101 Å². The van der Waals surface area contributed by atoms with Crippen molar-refractivity contribution >= 4 is 0 Å². The molecule has 1 heterocycles. The monoisotopic (exact) mass is 227 g/mol. The molecule has 0 amide bonds. The van der Waals surface area contributed by atoms with Crippen LogP contribution in [0.4, 0.5) is 0 Å². The molecule has 0 spiro atoms. The SMILES string of the molecule is CNCC1CN(C)CC(C)(C)N1C(C)(C)C. The fourth-order valence-corrected chi connectivity index (χ4v) is 3.58. The summed E-state index contributed by atoms with van der Waals surface area (Å²) >= 11 is 0. The van der Waals surface area contributed by atoms with Crippen molar-refractivity contribution in [1.29, 1.82) is 0 Å². The van der Waals surface area contributed by atoms with Crippen molar-refractivity contribution in [3.63, 3.8) is 0 Å². The molecular formula is C13H29N3. The maximum Gasteiger partial charge on any atom is 0.0358 e. The Morgan fingerprint density at radius 2 is 1.88 bits per heavy atom. The van der Waals surface area contributed by atoms with Crippen LogP contribution < -0.4 is 5.32 Å². The van der Waals surface area contributed by atoms with Gasteiger partial charge in [-0.2, -0.15) is 0 Å². The average Bonchev–Trinajstić information content (AvgIpc) is 1.96. The van der Waals surface area contributed by atoms with Gasteiger partial charge in [-0.3, -0.25) is 4.90 Å². The highest BCUT2D eigenvalue weighted by Crippen LogP contribution is 2.31. The number of rotatable bonds is 2. The molecular weight excluding hydrogens is 198 g/mol. The summed E-state index contributed by atoms with van der Waals surface area (Å²) in [5.41, 5.74) is 0.471. The van der Waals surface area contributed by atoms with Gasteiger partial charge in [0.25, 0.3) is 0 Å². The van der Waals surface area contributed by atoms with Gasteiger partial charge in [-0.15, -0.1) is 0 Å². The predicted octanol–water partition coefficient (Wildman–Crippen LogP) is 1.40.